The van der Waals surface area contributed by atoms with E-state index in [4.69, 9.17) is 9.47 Å². The lowest BCUT2D eigenvalue weighted by Crippen LogP contribution is -2.23. The van der Waals surface area contributed by atoms with Gasteiger partial charge < -0.3 is 19.9 Å². The first-order valence-corrected chi connectivity index (χ1v) is 6.29. The lowest BCUT2D eigenvalue weighted by molar-refractivity contribution is 0.0528. The van der Waals surface area contributed by atoms with Crippen molar-refractivity contribution >= 4 is 17.4 Å². The van der Waals surface area contributed by atoms with E-state index in [1.165, 1.54) is 10.7 Å². The number of β-amino-alcohol motifs (C(OH)–C–C–N with tert-alkyl or cyclic N) is 1. The van der Waals surface area contributed by atoms with E-state index < -0.39 is 12.1 Å². The van der Waals surface area contributed by atoms with Gasteiger partial charge in [0, 0.05) is 6.54 Å². The molecule has 0 spiro atoms. The first-order valence-electron chi connectivity index (χ1n) is 6.29. The van der Waals surface area contributed by atoms with Crippen LogP contribution in [0.5, 0.6) is 5.75 Å². The molecule has 0 radical (unpaired) electrons. The van der Waals surface area contributed by atoms with Crippen LogP contribution in [0.25, 0.3) is 5.65 Å². The Balaban J connectivity index is 2.04. The van der Waals surface area contributed by atoms with Crippen molar-refractivity contribution in [2.75, 3.05) is 25.1 Å². The zero-order valence-electron chi connectivity index (χ0n) is 10.9. The molecule has 106 valence electrons. The molecule has 2 aromatic heterocycles. The average molecular weight is 278 g/mol. The Morgan fingerprint density at radius 2 is 2.55 bits per heavy atom. The Morgan fingerprint density at radius 1 is 1.70 bits per heavy atom. The van der Waals surface area contributed by atoms with E-state index in [2.05, 4.69) is 15.4 Å². The van der Waals surface area contributed by atoms with Gasteiger partial charge in [0.1, 0.15) is 18.3 Å². The molecule has 1 aliphatic heterocycles. The van der Waals surface area contributed by atoms with Gasteiger partial charge in [0.25, 0.3) is 0 Å². The molecule has 2 aromatic rings. The number of rotatable bonds is 2. The van der Waals surface area contributed by atoms with Gasteiger partial charge in [-0.2, -0.15) is 5.10 Å². The maximum Gasteiger partial charge on any atom is 0.343 e. The van der Waals surface area contributed by atoms with Gasteiger partial charge in [0.2, 0.25) is 0 Å². The number of nitrogens with zero attached hydrogens (tertiary/aromatic N) is 3. The van der Waals surface area contributed by atoms with Crippen LogP contribution in [0.4, 0.5) is 5.82 Å². The molecule has 0 unspecified atom stereocenters. The zero-order chi connectivity index (χ0) is 14.1. The highest BCUT2D eigenvalue weighted by atomic mass is 16.5. The Kier molecular flexibility index (Phi) is 3.15. The fourth-order valence-corrected chi connectivity index (χ4v) is 1.94. The molecule has 1 aliphatic rings. The number of fused-ring (bicyclic) bond motifs is 2. The number of aromatic nitrogens is 3. The number of anilines is 1. The van der Waals surface area contributed by atoms with Crippen LogP contribution in [0, 0.1) is 0 Å². The van der Waals surface area contributed by atoms with Crippen LogP contribution in [0.2, 0.25) is 0 Å². The lowest BCUT2D eigenvalue weighted by Gasteiger charge is -2.07. The predicted molar refractivity (Wildman–Crippen MR) is 68.9 cm³/mol. The van der Waals surface area contributed by atoms with Crippen molar-refractivity contribution in [3.8, 4) is 5.75 Å². The largest absolute Gasteiger partial charge is 0.485 e. The number of hydrogen-bond acceptors (Lipinski definition) is 7. The number of carbonyl (C=O) groups is 1. The van der Waals surface area contributed by atoms with Gasteiger partial charge in [-0.3, -0.25) is 0 Å². The molecule has 0 saturated carbocycles. The van der Waals surface area contributed by atoms with Gasteiger partial charge in [-0.1, -0.05) is 0 Å². The smallest absolute Gasteiger partial charge is 0.343 e. The third-order valence-corrected chi connectivity index (χ3v) is 2.89. The Bertz CT molecular complexity index is 654. The molecule has 0 fully saturated rings. The monoisotopic (exact) mass is 278 g/mol. The molecular formula is C12H14N4O4. The molecule has 8 nitrogen and oxygen atoms in total. The number of hydrogen-bond donors (Lipinski definition) is 2. The average Bonchev–Trinajstić information content (AvgIpc) is 2.76. The van der Waals surface area contributed by atoms with Gasteiger partial charge >= 0.3 is 5.97 Å². The van der Waals surface area contributed by atoms with E-state index in [9.17, 15) is 9.90 Å². The van der Waals surface area contributed by atoms with Crippen LogP contribution >= 0.6 is 0 Å². The van der Waals surface area contributed by atoms with Crippen LogP contribution < -0.4 is 10.1 Å². The molecule has 1 atom stereocenters. The molecule has 0 saturated heterocycles. The highest BCUT2D eigenvalue weighted by molar-refractivity contribution is 5.95. The first-order chi connectivity index (χ1) is 9.69. The summed E-state index contributed by atoms with van der Waals surface area (Å²) in [7, 11) is 0. The molecule has 3 heterocycles. The minimum Gasteiger partial charge on any atom is -0.485 e. The van der Waals surface area contributed by atoms with Crippen LogP contribution in [0.15, 0.2) is 12.4 Å². The summed E-state index contributed by atoms with van der Waals surface area (Å²) in [5, 5.41) is 16.6. The highest BCUT2D eigenvalue weighted by Gasteiger charge is 2.20. The normalized spacial score (nSPS) is 17.8. The molecule has 0 aromatic carbocycles. The summed E-state index contributed by atoms with van der Waals surface area (Å²) in [5.41, 5.74) is 0.677. The number of esters is 1. The molecule has 2 N–H and O–H groups in total. The van der Waals surface area contributed by atoms with E-state index in [-0.39, 0.29) is 13.2 Å². The minimum absolute atomic E-state index is 0.180. The Labute approximate surface area is 114 Å². The van der Waals surface area contributed by atoms with E-state index in [0.29, 0.717) is 29.3 Å². The molecule has 0 aliphatic carbocycles. The molecule has 0 amide bonds. The summed E-state index contributed by atoms with van der Waals surface area (Å²) >= 11 is 0. The number of carbonyl (C=O) groups excluding carboxylic acids is 1. The summed E-state index contributed by atoms with van der Waals surface area (Å²) in [6.45, 7) is 2.53. The van der Waals surface area contributed by atoms with Crippen molar-refractivity contribution in [3.05, 3.63) is 18.0 Å². The van der Waals surface area contributed by atoms with Gasteiger partial charge in [-0.15, -0.1) is 0 Å². The third-order valence-electron chi connectivity index (χ3n) is 2.89. The fraction of sp³-hybridized carbons (Fsp3) is 0.417. The number of nitrogens with one attached hydrogen (secondary N) is 1. The number of ether oxygens (including phenoxy) is 2. The second kappa shape index (κ2) is 4.97. The number of aliphatic hydroxyl groups excluding tert-OH is 1. The maximum atomic E-state index is 11.8. The predicted octanol–water partition coefficient (Wildman–Crippen LogP) is 0.0712. The van der Waals surface area contributed by atoms with E-state index >= 15 is 0 Å². The van der Waals surface area contributed by atoms with Gasteiger partial charge in [0.05, 0.1) is 19.0 Å². The molecular weight excluding hydrogens is 264 g/mol. The van der Waals surface area contributed by atoms with Crippen molar-refractivity contribution in [1.82, 2.24) is 14.6 Å². The Hall–Kier alpha value is -2.35. The van der Waals surface area contributed by atoms with Crippen LogP contribution in [0.1, 0.15) is 17.3 Å². The highest BCUT2D eigenvalue weighted by Crippen LogP contribution is 2.26. The summed E-state index contributed by atoms with van der Waals surface area (Å²) in [6.07, 6.45) is 2.42. The van der Waals surface area contributed by atoms with Crippen molar-refractivity contribution in [3.63, 3.8) is 0 Å². The van der Waals surface area contributed by atoms with Crippen molar-refractivity contribution < 1.29 is 19.4 Å². The van der Waals surface area contributed by atoms with E-state index in [1.807, 2.05) is 0 Å². The molecule has 0 bridgehead atoms. The third kappa shape index (κ3) is 2.14. The summed E-state index contributed by atoms with van der Waals surface area (Å²) in [4.78, 5) is 16.1. The second-order valence-electron chi connectivity index (χ2n) is 4.35. The quantitative estimate of drug-likeness (QED) is 0.750. The summed E-state index contributed by atoms with van der Waals surface area (Å²) in [6, 6.07) is 0. The van der Waals surface area contributed by atoms with Crippen molar-refractivity contribution in [2.45, 2.75) is 13.0 Å². The van der Waals surface area contributed by atoms with Crippen LogP contribution in [-0.4, -0.2) is 51.5 Å². The SMILES string of the molecule is CCOC(=O)c1cnn2cc3c(nc12)NC[C@H](O)CO3. The number of aliphatic hydroxyl groups is 1. The summed E-state index contributed by atoms with van der Waals surface area (Å²) < 4.78 is 11.8. The standard InChI is InChI=1S/C12H14N4O4/c1-2-19-12(18)8-4-14-16-5-9-10(15-11(8)16)13-3-7(17)6-20-9/h4-5,7,17H,2-3,6H2,1H3,(H,13,15)/t7-/m0/s1. The van der Waals surface area contributed by atoms with Crippen molar-refractivity contribution in [1.29, 1.82) is 0 Å². The topological polar surface area (TPSA) is 98.0 Å². The second-order valence-corrected chi connectivity index (χ2v) is 4.35. The molecule has 8 heteroatoms. The molecule has 20 heavy (non-hydrogen) atoms. The maximum absolute atomic E-state index is 11.8. The molecule has 3 rings (SSSR count). The lowest BCUT2D eigenvalue weighted by atomic mass is 10.3. The Morgan fingerprint density at radius 3 is 3.35 bits per heavy atom. The van der Waals surface area contributed by atoms with E-state index in [0.717, 1.165) is 0 Å². The zero-order valence-corrected chi connectivity index (χ0v) is 10.9. The van der Waals surface area contributed by atoms with E-state index in [1.54, 1.807) is 13.1 Å². The fourth-order valence-electron chi connectivity index (χ4n) is 1.94. The minimum atomic E-state index is -0.610. The van der Waals surface area contributed by atoms with Gasteiger partial charge in [-0.25, -0.2) is 14.3 Å². The van der Waals surface area contributed by atoms with Gasteiger partial charge in [-0.05, 0) is 6.92 Å². The first kappa shape index (κ1) is 12.7. The van der Waals surface area contributed by atoms with Crippen molar-refractivity contribution in [2.24, 2.45) is 0 Å². The van der Waals surface area contributed by atoms with Crippen LogP contribution in [-0.2, 0) is 4.74 Å². The van der Waals surface area contributed by atoms with Gasteiger partial charge in [0.15, 0.2) is 17.2 Å². The van der Waals surface area contributed by atoms with Crippen LogP contribution in [0.3, 0.4) is 0 Å². The summed E-state index contributed by atoms with van der Waals surface area (Å²) in [5.74, 6) is 0.484.